The van der Waals surface area contributed by atoms with Gasteiger partial charge in [-0.25, -0.2) is 8.78 Å². The van der Waals surface area contributed by atoms with Gasteiger partial charge in [-0.15, -0.1) is 0 Å². The highest BCUT2D eigenvalue weighted by atomic mass is 19.1. The van der Waals surface area contributed by atoms with Gasteiger partial charge in [0.2, 0.25) is 0 Å². The van der Waals surface area contributed by atoms with Gasteiger partial charge >= 0.3 is 0 Å². The molecule has 212 valence electrons. The maximum atomic E-state index is 14.0. The molecule has 6 aromatic rings. The molecule has 7 rings (SSSR count). The van der Waals surface area contributed by atoms with E-state index in [2.05, 4.69) is 32.7 Å². The van der Waals surface area contributed by atoms with Crippen LogP contribution in [0.5, 0.6) is 0 Å². The molecule has 7 nitrogen and oxygen atoms in total. The first kappa shape index (κ1) is 27.2. The molecule has 42 heavy (non-hydrogen) atoms. The van der Waals surface area contributed by atoms with Crippen LogP contribution in [0.15, 0.2) is 97.1 Å². The fourth-order valence-electron chi connectivity index (χ4n) is 5.39. The van der Waals surface area contributed by atoms with Crippen molar-refractivity contribution in [1.29, 1.82) is 0 Å². The number of nitro groups is 1. The molecule has 0 bridgehead atoms. The number of anilines is 1. The maximum absolute atomic E-state index is 14.0. The third kappa shape index (κ3) is 5.87. The van der Waals surface area contributed by atoms with Gasteiger partial charge in [-0.2, -0.15) is 0 Å². The van der Waals surface area contributed by atoms with Gasteiger partial charge in [-0.05, 0) is 67.4 Å². The van der Waals surface area contributed by atoms with Crippen LogP contribution in [0.2, 0.25) is 0 Å². The lowest BCUT2D eigenvalue weighted by Gasteiger charge is -2.25. The molecular formula is C33H29F2N5O2. The molecule has 0 unspecified atom stereocenters. The van der Waals surface area contributed by atoms with Crippen molar-refractivity contribution in [2.75, 3.05) is 18.4 Å². The number of H-pyrrole nitrogens is 2. The van der Waals surface area contributed by atoms with Crippen LogP contribution in [0.4, 0.5) is 20.2 Å². The standard InChI is InChI=1S/C19H20FN3.C14H9FN2O2/c20-15-10-14-11-17(13-4-2-1-3-5-13)23-19(14)18(12-15)22-16-6-8-21-9-7-16;15-11-6-10-7-12(9-4-2-1-3-5-9)16-14(10)13(8-11)17(18)19/h1-5,10-12,16,21-23H,6-9H2;1-8,16H. The van der Waals surface area contributed by atoms with E-state index in [0.717, 1.165) is 71.1 Å². The molecule has 9 heteroatoms. The van der Waals surface area contributed by atoms with E-state index in [1.807, 2.05) is 54.6 Å². The van der Waals surface area contributed by atoms with Crippen molar-refractivity contribution < 1.29 is 13.7 Å². The van der Waals surface area contributed by atoms with E-state index >= 15 is 0 Å². The van der Waals surface area contributed by atoms with E-state index in [0.29, 0.717) is 16.9 Å². The Balaban J connectivity index is 0.000000153. The van der Waals surface area contributed by atoms with Gasteiger partial charge in [-0.1, -0.05) is 60.7 Å². The summed E-state index contributed by atoms with van der Waals surface area (Å²) >= 11 is 0. The van der Waals surface area contributed by atoms with Gasteiger partial charge < -0.3 is 20.6 Å². The Kier molecular flexibility index (Phi) is 7.66. The minimum atomic E-state index is -0.613. The number of fused-ring (bicyclic) bond motifs is 2. The monoisotopic (exact) mass is 565 g/mol. The van der Waals surface area contributed by atoms with Crippen molar-refractivity contribution in [1.82, 2.24) is 15.3 Å². The molecule has 1 fully saturated rings. The van der Waals surface area contributed by atoms with Crippen LogP contribution in [0, 0.1) is 21.7 Å². The summed E-state index contributed by atoms with van der Waals surface area (Å²) in [4.78, 5) is 16.8. The SMILES string of the molecule is Fc1cc(NC2CCNCC2)c2[nH]c(-c3ccccc3)cc2c1.O=[N+]([O-])c1cc(F)cc2cc(-c3ccccc3)[nH]c12. The van der Waals surface area contributed by atoms with Crippen molar-refractivity contribution in [2.45, 2.75) is 18.9 Å². The summed E-state index contributed by atoms with van der Waals surface area (Å²) < 4.78 is 27.3. The van der Waals surface area contributed by atoms with Gasteiger partial charge in [-0.3, -0.25) is 10.1 Å². The Morgan fingerprint density at radius 2 is 1.24 bits per heavy atom. The summed E-state index contributed by atoms with van der Waals surface area (Å²) in [5.41, 5.74) is 5.66. The zero-order chi connectivity index (χ0) is 29.1. The quantitative estimate of drug-likeness (QED) is 0.126. The molecule has 0 radical (unpaired) electrons. The van der Waals surface area contributed by atoms with Crippen molar-refractivity contribution in [3.63, 3.8) is 0 Å². The number of aromatic amines is 2. The first-order valence-corrected chi connectivity index (χ1v) is 13.8. The number of rotatable bonds is 5. The molecule has 0 aliphatic carbocycles. The fourth-order valence-corrected chi connectivity index (χ4v) is 5.39. The Bertz CT molecular complexity index is 1850. The zero-order valence-corrected chi connectivity index (χ0v) is 22.7. The van der Waals surface area contributed by atoms with E-state index in [9.17, 15) is 18.9 Å². The van der Waals surface area contributed by atoms with E-state index in [-0.39, 0.29) is 11.5 Å². The van der Waals surface area contributed by atoms with Crippen LogP contribution in [0.25, 0.3) is 44.3 Å². The third-order valence-corrected chi connectivity index (χ3v) is 7.43. The second-order valence-corrected chi connectivity index (χ2v) is 10.3. The van der Waals surface area contributed by atoms with E-state index in [1.165, 1.54) is 6.07 Å². The van der Waals surface area contributed by atoms with E-state index in [1.54, 1.807) is 18.2 Å². The second-order valence-electron chi connectivity index (χ2n) is 10.3. The highest BCUT2D eigenvalue weighted by molar-refractivity contribution is 5.95. The number of nitro benzene ring substituents is 1. The lowest BCUT2D eigenvalue weighted by Crippen LogP contribution is -2.35. The normalized spacial score (nSPS) is 13.6. The molecule has 0 atom stereocenters. The number of hydrogen-bond donors (Lipinski definition) is 4. The molecule has 3 heterocycles. The number of nitrogens with zero attached hydrogens (tertiary/aromatic N) is 1. The van der Waals surface area contributed by atoms with Gasteiger partial charge in [0.1, 0.15) is 17.2 Å². The Morgan fingerprint density at radius 1 is 0.714 bits per heavy atom. The predicted octanol–water partition coefficient (Wildman–Crippen LogP) is 8.02. The Hall–Kier alpha value is -5.02. The first-order chi connectivity index (χ1) is 20.4. The van der Waals surface area contributed by atoms with Crippen LogP contribution in [-0.2, 0) is 0 Å². The van der Waals surface area contributed by atoms with Gasteiger partial charge in [0.25, 0.3) is 5.69 Å². The Labute approximate surface area is 240 Å². The van der Waals surface area contributed by atoms with Crippen molar-refractivity contribution in [2.24, 2.45) is 0 Å². The molecular weight excluding hydrogens is 536 g/mol. The van der Waals surface area contributed by atoms with Gasteiger partial charge in [0.15, 0.2) is 0 Å². The Morgan fingerprint density at radius 3 is 1.81 bits per heavy atom. The summed E-state index contributed by atoms with van der Waals surface area (Å²) in [6, 6.07) is 29.0. The number of hydrogen-bond acceptors (Lipinski definition) is 4. The smallest absolute Gasteiger partial charge is 0.296 e. The summed E-state index contributed by atoms with van der Waals surface area (Å²) in [5.74, 6) is -0.814. The average Bonchev–Trinajstić information content (AvgIpc) is 3.63. The van der Waals surface area contributed by atoms with E-state index < -0.39 is 10.7 Å². The zero-order valence-electron chi connectivity index (χ0n) is 22.7. The number of benzene rings is 4. The summed E-state index contributed by atoms with van der Waals surface area (Å²) in [6.07, 6.45) is 2.12. The number of piperidine rings is 1. The molecule has 1 aliphatic heterocycles. The van der Waals surface area contributed by atoms with Gasteiger partial charge in [0, 0.05) is 28.2 Å². The van der Waals surface area contributed by atoms with Crippen LogP contribution < -0.4 is 10.6 Å². The highest BCUT2D eigenvalue weighted by Gasteiger charge is 2.18. The van der Waals surface area contributed by atoms with Crippen LogP contribution in [-0.4, -0.2) is 34.0 Å². The minimum absolute atomic E-state index is 0.201. The largest absolute Gasteiger partial charge is 0.380 e. The van der Waals surface area contributed by atoms with E-state index in [4.69, 9.17) is 0 Å². The highest BCUT2D eigenvalue weighted by Crippen LogP contribution is 2.32. The molecule has 0 saturated carbocycles. The molecule has 0 amide bonds. The summed E-state index contributed by atoms with van der Waals surface area (Å²) in [6.45, 7) is 2.02. The molecule has 4 N–H and O–H groups in total. The third-order valence-electron chi connectivity index (χ3n) is 7.43. The lowest BCUT2D eigenvalue weighted by molar-refractivity contribution is -0.383. The molecule has 1 aliphatic rings. The van der Waals surface area contributed by atoms with Crippen LogP contribution in [0.3, 0.4) is 0 Å². The average molecular weight is 566 g/mol. The first-order valence-electron chi connectivity index (χ1n) is 13.8. The number of halogens is 2. The molecule has 0 spiro atoms. The predicted molar refractivity (Wildman–Crippen MR) is 164 cm³/mol. The maximum Gasteiger partial charge on any atom is 0.296 e. The molecule has 1 saturated heterocycles. The minimum Gasteiger partial charge on any atom is -0.380 e. The van der Waals surface area contributed by atoms with Crippen LogP contribution >= 0.6 is 0 Å². The van der Waals surface area contributed by atoms with Crippen molar-refractivity contribution >= 4 is 33.2 Å². The molecule has 2 aromatic heterocycles. The summed E-state index contributed by atoms with van der Waals surface area (Å²) in [5, 5.41) is 19.2. The lowest BCUT2D eigenvalue weighted by atomic mass is 10.1. The molecule has 4 aromatic carbocycles. The number of nitrogens with one attached hydrogen (secondary N) is 4. The number of non-ortho nitro benzene ring substituents is 1. The summed E-state index contributed by atoms with van der Waals surface area (Å²) in [7, 11) is 0. The van der Waals surface area contributed by atoms with Crippen LogP contribution in [0.1, 0.15) is 12.8 Å². The van der Waals surface area contributed by atoms with Gasteiger partial charge in [0.05, 0.1) is 22.2 Å². The number of aromatic nitrogens is 2. The second kappa shape index (κ2) is 11.8. The fraction of sp³-hybridized carbons (Fsp3) is 0.152. The van der Waals surface area contributed by atoms with Crippen molar-refractivity contribution in [3.8, 4) is 22.5 Å². The van der Waals surface area contributed by atoms with Crippen molar-refractivity contribution in [3.05, 3.63) is 119 Å². The topological polar surface area (TPSA) is 98.8 Å².